The minimum Gasteiger partial charge on any atom is -0.465 e. The molecular formula is C17H20N2O2. The molecule has 0 saturated heterocycles. The van der Waals surface area contributed by atoms with Gasteiger partial charge in [0.15, 0.2) is 0 Å². The van der Waals surface area contributed by atoms with Crippen molar-refractivity contribution in [2.45, 2.75) is 19.5 Å². The van der Waals surface area contributed by atoms with E-state index >= 15 is 0 Å². The summed E-state index contributed by atoms with van der Waals surface area (Å²) in [5.41, 5.74) is 2.44. The van der Waals surface area contributed by atoms with Gasteiger partial charge in [0.2, 0.25) is 0 Å². The first kappa shape index (κ1) is 13.9. The van der Waals surface area contributed by atoms with Gasteiger partial charge >= 0.3 is 5.97 Å². The summed E-state index contributed by atoms with van der Waals surface area (Å²) < 4.78 is 7.37. The van der Waals surface area contributed by atoms with Crippen LogP contribution in [0.1, 0.15) is 24.2 Å². The van der Waals surface area contributed by atoms with Crippen LogP contribution in [0.5, 0.6) is 0 Å². The van der Waals surface area contributed by atoms with Crippen LogP contribution in [0.15, 0.2) is 48.7 Å². The molecule has 1 unspecified atom stereocenters. The van der Waals surface area contributed by atoms with Crippen LogP contribution in [-0.2, 0) is 16.1 Å². The highest BCUT2D eigenvalue weighted by Gasteiger charge is 2.30. The van der Waals surface area contributed by atoms with Gasteiger partial charge < -0.3 is 9.30 Å². The Kier molecular flexibility index (Phi) is 4.06. The van der Waals surface area contributed by atoms with Gasteiger partial charge in [0, 0.05) is 25.0 Å². The number of aromatic nitrogens is 1. The summed E-state index contributed by atoms with van der Waals surface area (Å²) in [7, 11) is 0. The second-order valence-corrected chi connectivity index (χ2v) is 5.22. The molecule has 0 saturated carbocycles. The molecule has 0 aliphatic carbocycles. The first-order chi connectivity index (χ1) is 10.3. The van der Waals surface area contributed by atoms with Crippen molar-refractivity contribution in [1.29, 1.82) is 0 Å². The maximum atomic E-state index is 11.9. The summed E-state index contributed by atoms with van der Waals surface area (Å²) in [6, 6.07) is 14.6. The molecule has 2 aromatic rings. The summed E-state index contributed by atoms with van der Waals surface area (Å²) in [6.07, 6.45) is 2.10. The third kappa shape index (κ3) is 2.85. The lowest BCUT2D eigenvalue weighted by Gasteiger charge is -2.36. The smallest absolute Gasteiger partial charge is 0.320 e. The van der Waals surface area contributed by atoms with E-state index in [1.54, 1.807) is 0 Å². The van der Waals surface area contributed by atoms with Crippen LogP contribution in [0.3, 0.4) is 0 Å². The quantitative estimate of drug-likeness (QED) is 0.809. The van der Waals surface area contributed by atoms with E-state index in [0.29, 0.717) is 13.2 Å². The van der Waals surface area contributed by atoms with E-state index in [-0.39, 0.29) is 12.0 Å². The van der Waals surface area contributed by atoms with Gasteiger partial charge in [0.05, 0.1) is 19.2 Å². The molecule has 1 aromatic carbocycles. The average Bonchev–Trinajstić information content (AvgIpc) is 2.96. The number of esters is 1. The normalized spacial score (nSPS) is 18.2. The SMILES string of the molecule is CCOC(=O)CN1CCn2cccc2C1c1ccccc1. The molecule has 0 fully saturated rings. The predicted octanol–water partition coefficient (Wildman–Crippen LogP) is 2.46. The Hall–Kier alpha value is -2.07. The van der Waals surface area contributed by atoms with Crippen molar-refractivity contribution in [1.82, 2.24) is 9.47 Å². The molecule has 1 aliphatic heterocycles. The zero-order valence-corrected chi connectivity index (χ0v) is 12.2. The van der Waals surface area contributed by atoms with Crippen LogP contribution in [0.4, 0.5) is 0 Å². The molecule has 4 nitrogen and oxygen atoms in total. The summed E-state index contributed by atoms with van der Waals surface area (Å²) in [4.78, 5) is 14.1. The maximum Gasteiger partial charge on any atom is 0.320 e. The highest BCUT2D eigenvalue weighted by atomic mass is 16.5. The zero-order valence-electron chi connectivity index (χ0n) is 12.2. The van der Waals surface area contributed by atoms with Gasteiger partial charge in [-0.05, 0) is 24.6 Å². The number of carbonyl (C=O) groups is 1. The number of hydrogen-bond donors (Lipinski definition) is 0. The van der Waals surface area contributed by atoms with Gasteiger partial charge in [-0.3, -0.25) is 9.69 Å². The number of carbonyl (C=O) groups excluding carboxylic acids is 1. The lowest BCUT2D eigenvalue weighted by atomic mass is 10.00. The van der Waals surface area contributed by atoms with E-state index in [9.17, 15) is 4.79 Å². The fourth-order valence-corrected chi connectivity index (χ4v) is 2.99. The third-order valence-corrected chi connectivity index (χ3v) is 3.89. The Morgan fingerprint density at radius 2 is 2.00 bits per heavy atom. The van der Waals surface area contributed by atoms with Gasteiger partial charge in [-0.25, -0.2) is 0 Å². The molecule has 0 N–H and O–H groups in total. The second-order valence-electron chi connectivity index (χ2n) is 5.22. The summed E-state index contributed by atoms with van der Waals surface area (Å²) >= 11 is 0. The van der Waals surface area contributed by atoms with Crippen LogP contribution in [-0.4, -0.2) is 35.1 Å². The Bertz CT molecular complexity index is 606. The van der Waals surface area contributed by atoms with Crippen molar-refractivity contribution >= 4 is 5.97 Å². The van der Waals surface area contributed by atoms with E-state index < -0.39 is 0 Å². The van der Waals surface area contributed by atoms with Crippen LogP contribution >= 0.6 is 0 Å². The molecule has 2 heterocycles. The van der Waals surface area contributed by atoms with Gasteiger partial charge in [-0.2, -0.15) is 0 Å². The van der Waals surface area contributed by atoms with Crippen molar-refractivity contribution in [3.05, 3.63) is 59.9 Å². The van der Waals surface area contributed by atoms with Crippen LogP contribution < -0.4 is 0 Å². The average molecular weight is 284 g/mol. The lowest BCUT2D eigenvalue weighted by Crippen LogP contribution is -2.41. The van der Waals surface area contributed by atoms with Gasteiger partial charge in [0.25, 0.3) is 0 Å². The second kappa shape index (κ2) is 6.14. The summed E-state index contributed by atoms with van der Waals surface area (Å²) in [5.74, 6) is -0.154. The fourth-order valence-electron chi connectivity index (χ4n) is 2.99. The zero-order chi connectivity index (χ0) is 14.7. The molecule has 110 valence electrons. The molecular weight excluding hydrogens is 264 g/mol. The molecule has 21 heavy (non-hydrogen) atoms. The van der Waals surface area contributed by atoms with Crippen molar-refractivity contribution < 1.29 is 9.53 Å². The number of benzene rings is 1. The monoisotopic (exact) mass is 284 g/mol. The fraction of sp³-hybridized carbons (Fsp3) is 0.353. The Morgan fingerprint density at radius 1 is 1.19 bits per heavy atom. The van der Waals surface area contributed by atoms with E-state index in [4.69, 9.17) is 4.74 Å². The molecule has 0 radical (unpaired) electrons. The number of fused-ring (bicyclic) bond motifs is 1. The third-order valence-electron chi connectivity index (χ3n) is 3.89. The van der Waals surface area contributed by atoms with Gasteiger partial charge in [0.1, 0.15) is 0 Å². The lowest BCUT2D eigenvalue weighted by molar-refractivity contribution is -0.145. The first-order valence-electron chi connectivity index (χ1n) is 7.39. The van der Waals surface area contributed by atoms with E-state index in [2.05, 4.69) is 39.9 Å². The van der Waals surface area contributed by atoms with Crippen molar-refractivity contribution in [3.63, 3.8) is 0 Å². The Labute approximate surface area is 124 Å². The molecule has 0 spiro atoms. The molecule has 0 amide bonds. The van der Waals surface area contributed by atoms with Gasteiger partial charge in [-0.1, -0.05) is 30.3 Å². The van der Waals surface area contributed by atoms with Crippen LogP contribution in [0, 0.1) is 0 Å². The van der Waals surface area contributed by atoms with E-state index in [1.807, 2.05) is 25.1 Å². The topological polar surface area (TPSA) is 34.5 Å². The standard InChI is InChI=1S/C17H20N2O2/c1-2-21-16(20)13-19-12-11-18-10-6-9-15(18)17(19)14-7-4-3-5-8-14/h3-10,17H,2,11-13H2,1H3. The van der Waals surface area contributed by atoms with E-state index in [1.165, 1.54) is 11.3 Å². The van der Waals surface area contributed by atoms with Crippen molar-refractivity contribution in [3.8, 4) is 0 Å². The van der Waals surface area contributed by atoms with Gasteiger partial charge in [-0.15, -0.1) is 0 Å². The largest absolute Gasteiger partial charge is 0.465 e. The minimum atomic E-state index is -0.154. The minimum absolute atomic E-state index is 0.111. The predicted molar refractivity (Wildman–Crippen MR) is 80.9 cm³/mol. The summed E-state index contributed by atoms with van der Waals surface area (Å²) in [5, 5.41) is 0. The number of nitrogens with zero attached hydrogens (tertiary/aromatic N) is 2. The highest BCUT2D eigenvalue weighted by molar-refractivity contribution is 5.71. The van der Waals surface area contributed by atoms with Crippen LogP contribution in [0.25, 0.3) is 0 Å². The molecule has 1 atom stereocenters. The maximum absolute atomic E-state index is 11.9. The number of ether oxygens (including phenoxy) is 1. The Morgan fingerprint density at radius 3 is 2.76 bits per heavy atom. The highest BCUT2D eigenvalue weighted by Crippen LogP contribution is 2.31. The molecule has 1 aliphatic rings. The molecule has 0 bridgehead atoms. The first-order valence-corrected chi connectivity index (χ1v) is 7.39. The number of rotatable bonds is 4. The molecule has 4 heteroatoms. The van der Waals surface area contributed by atoms with Crippen molar-refractivity contribution in [2.75, 3.05) is 19.7 Å². The van der Waals surface area contributed by atoms with E-state index in [0.717, 1.165) is 13.1 Å². The molecule has 3 rings (SSSR count). The van der Waals surface area contributed by atoms with Crippen molar-refractivity contribution in [2.24, 2.45) is 0 Å². The molecule has 1 aromatic heterocycles. The number of hydrogen-bond acceptors (Lipinski definition) is 3. The Balaban J connectivity index is 1.91. The summed E-state index contributed by atoms with van der Waals surface area (Å²) in [6.45, 7) is 4.36. The van der Waals surface area contributed by atoms with Crippen LogP contribution in [0.2, 0.25) is 0 Å².